The summed E-state index contributed by atoms with van der Waals surface area (Å²) >= 11 is 0. The van der Waals surface area contributed by atoms with Gasteiger partial charge in [-0.2, -0.15) is 5.10 Å². The van der Waals surface area contributed by atoms with Crippen molar-refractivity contribution in [3.05, 3.63) is 11.4 Å². The molecule has 0 saturated heterocycles. The van der Waals surface area contributed by atoms with Crippen LogP contribution in [0.5, 0.6) is 0 Å². The second kappa shape index (κ2) is 6.00. The largest absolute Gasteiger partial charge is 0.481 e. The standard InChI is InChI=1S/C12H18N6O3/c1-7-11(8(2)17(3)14-7)12-13-15-16-18(12)6-9(21-4)5-10(19)20/h9H,5-6H2,1-4H3,(H,19,20). The Kier molecular flexibility index (Phi) is 4.32. The van der Waals surface area contributed by atoms with Gasteiger partial charge in [-0.1, -0.05) is 0 Å². The number of aromatic nitrogens is 6. The van der Waals surface area contributed by atoms with Crippen molar-refractivity contribution in [2.24, 2.45) is 7.05 Å². The summed E-state index contributed by atoms with van der Waals surface area (Å²) in [5, 5.41) is 24.8. The third-order valence-electron chi connectivity index (χ3n) is 3.38. The summed E-state index contributed by atoms with van der Waals surface area (Å²) in [6.45, 7) is 4.07. The average molecular weight is 294 g/mol. The molecule has 0 aliphatic heterocycles. The Bertz CT molecular complexity index is 647. The van der Waals surface area contributed by atoms with Gasteiger partial charge in [-0.3, -0.25) is 9.48 Å². The summed E-state index contributed by atoms with van der Waals surface area (Å²) < 4.78 is 8.48. The number of carboxylic acids is 1. The van der Waals surface area contributed by atoms with Gasteiger partial charge >= 0.3 is 5.97 Å². The smallest absolute Gasteiger partial charge is 0.306 e. The summed E-state index contributed by atoms with van der Waals surface area (Å²) in [6.07, 6.45) is -0.608. The van der Waals surface area contributed by atoms with E-state index in [-0.39, 0.29) is 13.0 Å². The first kappa shape index (κ1) is 15.1. The number of aliphatic carboxylic acids is 1. The van der Waals surface area contributed by atoms with Crippen LogP contribution in [-0.4, -0.2) is 54.3 Å². The summed E-state index contributed by atoms with van der Waals surface area (Å²) in [6, 6.07) is 0. The maximum absolute atomic E-state index is 10.8. The van der Waals surface area contributed by atoms with E-state index in [0.29, 0.717) is 5.82 Å². The van der Waals surface area contributed by atoms with Crippen LogP contribution in [0.25, 0.3) is 11.4 Å². The van der Waals surface area contributed by atoms with Gasteiger partial charge in [-0.15, -0.1) is 5.10 Å². The van der Waals surface area contributed by atoms with Crippen LogP contribution in [0.2, 0.25) is 0 Å². The lowest BCUT2D eigenvalue weighted by molar-refractivity contribution is -0.140. The van der Waals surface area contributed by atoms with E-state index in [1.165, 1.54) is 7.11 Å². The van der Waals surface area contributed by atoms with Crippen molar-refractivity contribution in [1.29, 1.82) is 0 Å². The van der Waals surface area contributed by atoms with E-state index in [0.717, 1.165) is 17.0 Å². The van der Waals surface area contributed by atoms with Gasteiger partial charge in [0.15, 0.2) is 5.82 Å². The summed E-state index contributed by atoms with van der Waals surface area (Å²) in [5.74, 6) is -0.365. The molecule has 0 bridgehead atoms. The summed E-state index contributed by atoms with van der Waals surface area (Å²) in [4.78, 5) is 10.8. The Hall–Kier alpha value is -2.29. The zero-order valence-electron chi connectivity index (χ0n) is 12.4. The van der Waals surface area contributed by atoms with Gasteiger partial charge < -0.3 is 9.84 Å². The minimum absolute atomic E-state index is 0.110. The SMILES string of the molecule is COC(CC(=O)O)Cn1nnnc1-c1c(C)nn(C)c1C. The van der Waals surface area contributed by atoms with E-state index in [9.17, 15) is 4.79 Å². The quantitative estimate of drug-likeness (QED) is 0.809. The van der Waals surface area contributed by atoms with Crippen molar-refractivity contribution >= 4 is 5.97 Å². The molecule has 0 amide bonds. The van der Waals surface area contributed by atoms with Crippen molar-refractivity contribution in [3.63, 3.8) is 0 Å². The Balaban J connectivity index is 2.32. The first-order valence-corrected chi connectivity index (χ1v) is 6.45. The van der Waals surface area contributed by atoms with E-state index in [1.54, 1.807) is 9.36 Å². The van der Waals surface area contributed by atoms with E-state index in [4.69, 9.17) is 9.84 Å². The molecular formula is C12H18N6O3. The molecule has 9 nitrogen and oxygen atoms in total. The van der Waals surface area contributed by atoms with E-state index in [1.807, 2.05) is 20.9 Å². The number of nitrogens with zero attached hydrogens (tertiary/aromatic N) is 6. The van der Waals surface area contributed by atoms with Crippen molar-refractivity contribution in [2.75, 3.05) is 7.11 Å². The van der Waals surface area contributed by atoms with Crippen LogP contribution in [0.3, 0.4) is 0 Å². The van der Waals surface area contributed by atoms with Crippen LogP contribution in [0.15, 0.2) is 0 Å². The number of rotatable bonds is 6. The van der Waals surface area contributed by atoms with E-state index >= 15 is 0 Å². The van der Waals surface area contributed by atoms with Crippen LogP contribution in [0.1, 0.15) is 17.8 Å². The van der Waals surface area contributed by atoms with Gasteiger partial charge in [-0.25, -0.2) is 4.68 Å². The Morgan fingerprint density at radius 1 is 1.43 bits per heavy atom. The first-order valence-electron chi connectivity index (χ1n) is 6.45. The predicted molar refractivity (Wildman–Crippen MR) is 72.5 cm³/mol. The highest BCUT2D eigenvalue weighted by atomic mass is 16.5. The molecular weight excluding hydrogens is 276 g/mol. The Labute approximate surface area is 121 Å². The summed E-state index contributed by atoms with van der Waals surface area (Å²) in [7, 11) is 3.32. The molecule has 1 atom stereocenters. The minimum Gasteiger partial charge on any atom is -0.481 e. The second-order valence-corrected chi connectivity index (χ2v) is 4.81. The number of ether oxygens (including phenoxy) is 1. The van der Waals surface area contributed by atoms with Crippen molar-refractivity contribution < 1.29 is 14.6 Å². The fraction of sp³-hybridized carbons (Fsp3) is 0.583. The number of methoxy groups -OCH3 is 1. The lowest BCUT2D eigenvalue weighted by atomic mass is 10.2. The molecule has 0 spiro atoms. The van der Waals surface area contributed by atoms with Crippen molar-refractivity contribution in [3.8, 4) is 11.4 Å². The fourth-order valence-electron chi connectivity index (χ4n) is 2.21. The molecule has 0 aromatic carbocycles. The summed E-state index contributed by atoms with van der Waals surface area (Å²) in [5.41, 5.74) is 2.61. The molecule has 0 aliphatic rings. The molecule has 1 unspecified atom stereocenters. The first-order chi connectivity index (χ1) is 9.93. The molecule has 0 saturated carbocycles. The second-order valence-electron chi connectivity index (χ2n) is 4.81. The Morgan fingerprint density at radius 3 is 2.67 bits per heavy atom. The van der Waals surface area contributed by atoms with E-state index in [2.05, 4.69) is 20.6 Å². The number of hydrogen-bond acceptors (Lipinski definition) is 6. The molecule has 2 aromatic heterocycles. The van der Waals surface area contributed by atoms with Gasteiger partial charge in [0.2, 0.25) is 0 Å². The van der Waals surface area contributed by atoms with Crippen molar-refractivity contribution in [2.45, 2.75) is 32.9 Å². The highest BCUT2D eigenvalue weighted by Gasteiger charge is 2.21. The number of aryl methyl sites for hydroxylation is 2. The number of carbonyl (C=O) groups is 1. The molecule has 2 rings (SSSR count). The monoisotopic (exact) mass is 294 g/mol. The molecule has 114 valence electrons. The minimum atomic E-state index is -0.926. The van der Waals surface area contributed by atoms with Crippen LogP contribution in [-0.2, 0) is 23.1 Å². The lowest BCUT2D eigenvalue weighted by Gasteiger charge is -2.13. The fourth-order valence-corrected chi connectivity index (χ4v) is 2.21. The van der Waals surface area contributed by atoms with Gasteiger partial charge in [0.05, 0.1) is 30.3 Å². The van der Waals surface area contributed by atoms with Crippen LogP contribution in [0, 0.1) is 13.8 Å². The number of tetrazole rings is 1. The molecule has 1 N–H and O–H groups in total. The normalized spacial score (nSPS) is 12.6. The topological polar surface area (TPSA) is 108 Å². The molecule has 9 heteroatoms. The molecule has 0 aliphatic carbocycles. The van der Waals surface area contributed by atoms with Gasteiger partial charge in [0, 0.05) is 19.9 Å². The number of carboxylic acid groups (broad SMARTS) is 1. The lowest BCUT2D eigenvalue weighted by Crippen LogP contribution is -2.23. The van der Waals surface area contributed by atoms with Gasteiger partial charge in [0.1, 0.15) is 0 Å². The molecule has 2 heterocycles. The maximum Gasteiger partial charge on any atom is 0.306 e. The van der Waals surface area contributed by atoms with Crippen LogP contribution < -0.4 is 0 Å². The maximum atomic E-state index is 10.8. The highest BCUT2D eigenvalue weighted by Crippen LogP contribution is 2.24. The third kappa shape index (κ3) is 3.07. The zero-order chi connectivity index (χ0) is 15.6. The molecule has 0 fully saturated rings. The van der Waals surface area contributed by atoms with Crippen molar-refractivity contribution in [1.82, 2.24) is 30.0 Å². The Morgan fingerprint density at radius 2 is 2.14 bits per heavy atom. The van der Waals surface area contributed by atoms with Gasteiger partial charge in [-0.05, 0) is 24.3 Å². The van der Waals surface area contributed by atoms with Crippen LogP contribution >= 0.6 is 0 Å². The zero-order valence-corrected chi connectivity index (χ0v) is 12.4. The van der Waals surface area contributed by atoms with Gasteiger partial charge in [0.25, 0.3) is 0 Å². The third-order valence-corrected chi connectivity index (χ3v) is 3.38. The number of hydrogen-bond donors (Lipinski definition) is 1. The molecule has 0 radical (unpaired) electrons. The van der Waals surface area contributed by atoms with Crippen LogP contribution in [0.4, 0.5) is 0 Å². The average Bonchev–Trinajstić information content (AvgIpc) is 2.94. The van der Waals surface area contributed by atoms with E-state index < -0.39 is 12.1 Å². The molecule has 21 heavy (non-hydrogen) atoms. The highest BCUT2D eigenvalue weighted by molar-refractivity contribution is 5.67. The molecule has 2 aromatic rings. The predicted octanol–water partition coefficient (Wildman–Crippen LogP) is 0.180.